The van der Waals surface area contributed by atoms with E-state index >= 15 is 0 Å². The smallest absolute Gasteiger partial charge is 0.247 e. The molecule has 0 bridgehead atoms. The van der Waals surface area contributed by atoms with Crippen LogP contribution in [0.15, 0.2) is 14.5 Å². The summed E-state index contributed by atoms with van der Waals surface area (Å²) in [5.41, 5.74) is 0.931. The summed E-state index contributed by atoms with van der Waals surface area (Å²) in [6, 6.07) is 1.86. The van der Waals surface area contributed by atoms with E-state index in [4.69, 9.17) is 9.88 Å². The predicted molar refractivity (Wildman–Crippen MR) is 104 cm³/mol. The molecule has 0 amide bonds. The maximum atomic E-state index is 11.7. The number of primary sulfonamides is 1. The Kier molecular flexibility index (Phi) is 7.35. The molecule has 1 aliphatic heterocycles. The van der Waals surface area contributed by atoms with Crippen molar-refractivity contribution >= 4 is 33.3 Å². The van der Waals surface area contributed by atoms with Gasteiger partial charge in [0.15, 0.2) is 0 Å². The van der Waals surface area contributed by atoms with Gasteiger partial charge in [-0.2, -0.15) is 0 Å². The highest BCUT2D eigenvalue weighted by atomic mass is 32.3. The van der Waals surface area contributed by atoms with Crippen LogP contribution in [0.5, 0.6) is 0 Å². The molecular formula is C16H29N3O3S3. The molecule has 9 heteroatoms. The molecule has 0 unspecified atom stereocenters. The van der Waals surface area contributed by atoms with Crippen molar-refractivity contribution in [2.75, 3.05) is 26.2 Å². The molecule has 0 saturated heterocycles. The van der Waals surface area contributed by atoms with Crippen molar-refractivity contribution in [3.63, 3.8) is 0 Å². The number of fused-ring (bicyclic) bond motifs is 1. The first-order chi connectivity index (χ1) is 11.6. The summed E-state index contributed by atoms with van der Waals surface area (Å²) >= 11 is 2.89. The summed E-state index contributed by atoms with van der Waals surface area (Å²) in [7, 11) is -3.66. The van der Waals surface area contributed by atoms with Gasteiger partial charge < -0.3 is 10.1 Å². The zero-order valence-electron chi connectivity index (χ0n) is 15.4. The van der Waals surface area contributed by atoms with Crippen LogP contribution in [-0.4, -0.2) is 44.6 Å². The number of rotatable bonds is 8. The van der Waals surface area contributed by atoms with Gasteiger partial charge in [-0.25, -0.2) is 17.9 Å². The van der Waals surface area contributed by atoms with Crippen molar-refractivity contribution in [2.24, 2.45) is 5.14 Å². The number of hydrogen-bond donors (Lipinski definition) is 2. The molecule has 1 atom stereocenters. The second kappa shape index (κ2) is 8.69. The fourth-order valence-corrected chi connectivity index (χ4v) is 6.10. The van der Waals surface area contributed by atoms with Crippen LogP contribution in [0, 0.1) is 0 Å². The Morgan fingerprint density at radius 2 is 2.16 bits per heavy atom. The fraction of sp³-hybridized carbons (Fsp3) is 0.750. The van der Waals surface area contributed by atoms with Crippen molar-refractivity contribution < 1.29 is 13.2 Å². The molecule has 0 aliphatic carbocycles. The summed E-state index contributed by atoms with van der Waals surface area (Å²) in [5.74, 6) is 0. The van der Waals surface area contributed by atoms with Crippen LogP contribution in [-0.2, 0) is 14.8 Å². The van der Waals surface area contributed by atoms with Crippen molar-refractivity contribution in [3.05, 3.63) is 11.6 Å². The van der Waals surface area contributed by atoms with Gasteiger partial charge in [-0.3, -0.25) is 0 Å². The summed E-state index contributed by atoms with van der Waals surface area (Å²) in [4.78, 5) is 0. The number of thiophene rings is 1. The summed E-state index contributed by atoms with van der Waals surface area (Å²) in [6.45, 7) is 11.6. The first kappa shape index (κ1) is 21.1. The zero-order chi connectivity index (χ0) is 18.7. The quantitative estimate of drug-likeness (QED) is 0.509. The van der Waals surface area contributed by atoms with E-state index < -0.39 is 10.0 Å². The molecule has 2 heterocycles. The Labute approximate surface area is 159 Å². The zero-order valence-corrected chi connectivity index (χ0v) is 17.8. The minimum absolute atomic E-state index is 0.119. The summed E-state index contributed by atoms with van der Waals surface area (Å²) < 4.78 is 32.7. The number of nitrogens with zero attached hydrogens (tertiary/aromatic N) is 1. The minimum Gasteiger partial charge on any atom is -0.376 e. The lowest BCUT2D eigenvalue weighted by Gasteiger charge is -2.32. The van der Waals surface area contributed by atoms with E-state index in [1.54, 1.807) is 18.0 Å². The summed E-state index contributed by atoms with van der Waals surface area (Å²) in [5, 5.41) is 8.83. The third kappa shape index (κ3) is 6.50. The first-order valence-corrected chi connectivity index (χ1v) is 11.7. The summed E-state index contributed by atoms with van der Waals surface area (Å²) in [6.07, 6.45) is 1.97. The van der Waals surface area contributed by atoms with Crippen LogP contribution in [0.25, 0.3) is 0 Å². The van der Waals surface area contributed by atoms with Crippen LogP contribution in [0.2, 0.25) is 0 Å². The van der Waals surface area contributed by atoms with Gasteiger partial charge in [0.25, 0.3) is 0 Å². The molecule has 0 radical (unpaired) electrons. The van der Waals surface area contributed by atoms with E-state index in [0.717, 1.165) is 42.2 Å². The van der Waals surface area contributed by atoms with Gasteiger partial charge >= 0.3 is 0 Å². The molecule has 144 valence electrons. The highest BCUT2D eigenvalue weighted by molar-refractivity contribution is 7.99. The van der Waals surface area contributed by atoms with Crippen LogP contribution < -0.4 is 10.5 Å². The van der Waals surface area contributed by atoms with E-state index in [2.05, 4.69) is 37.3 Å². The normalized spacial score (nSPS) is 19.2. The van der Waals surface area contributed by atoms with Crippen LogP contribution in [0.4, 0.5) is 0 Å². The van der Waals surface area contributed by atoms with Gasteiger partial charge in [0, 0.05) is 25.7 Å². The molecule has 0 spiro atoms. The lowest BCUT2D eigenvalue weighted by Crippen LogP contribution is -2.36. The van der Waals surface area contributed by atoms with E-state index in [-0.39, 0.29) is 15.9 Å². The maximum Gasteiger partial charge on any atom is 0.247 e. The van der Waals surface area contributed by atoms with Gasteiger partial charge in [-0.05, 0) is 63.7 Å². The highest BCUT2D eigenvalue weighted by Gasteiger charge is 2.30. The standard InChI is InChI=1S/C16H29N3O3S3/c1-5-7-18-13-11-19(8-6-9-22-16(2,3)4)24-15-12(13)10-14(23-15)25(17,20)21/h10,13,18H,5-9,11H2,1-4H3,(H2,17,20,21)/t13-/m0/s1. The Balaban J connectivity index is 2.05. The first-order valence-electron chi connectivity index (χ1n) is 8.57. The second-order valence-corrected chi connectivity index (χ2v) is 11.4. The van der Waals surface area contributed by atoms with Gasteiger partial charge in [-0.15, -0.1) is 11.3 Å². The number of nitrogens with two attached hydrogens (primary N) is 1. The molecule has 0 saturated carbocycles. The van der Waals surface area contributed by atoms with Crippen molar-refractivity contribution in [1.82, 2.24) is 9.62 Å². The topological polar surface area (TPSA) is 84.7 Å². The van der Waals surface area contributed by atoms with Gasteiger partial charge in [0.1, 0.15) is 4.21 Å². The number of ether oxygens (including phenoxy) is 1. The maximum absolute atomic E-state index is 11.7. The average molecular weight is 408 g/mol. The minimum atomic E-state index is -3.66. The highest BCUT2D eigenvalue weighted by Crippen LogP contribution is 2.43. The molecule has 25 heavy (non-hydrogen) atoms. The number of sulfonamides is 1. The second-order valence-electron chi connectivity index (χ2n) is 7.15. The molecule has 1 aromatic heterocycles. The molecule has 2 rings (SSSR count). The molecular weight excluding hydrogens is 378 g/mol. The van der Waals surface area contributed by atoms with Gasteiger partial charge in [-0.1, -0.05) is 6.92 Å². The Hall–Kier alpha value is -0.160. The monoisotopic (exact) mass is 407 g/mol. The van der Waals surface area contributed by atoms with E-state index in [1.807, 2.05) is 0 Å². The lowest BCUT2D eigenvalue weighted by atomic mass is 10.1. The average Bonchev–Trinajstić information content (AvgIpc) is 2.92. The molecule has 0 aromatic carbocycles. The third-order valence-electron chi connectivity index (χ3n) is 3.68. The van der Waals surface area contributed by atoms with E-state index in [9.17, 15) is 8.42 Å². The van der Waals surface area contributed by atoms with Crippen LogP contribution in [0.3, 0.4) is 0 Å². The van der Waals surface area contributed by atoms with Crippen LogP contribution in [0.1, 0.15) is 52.1 Å². The van der Waals surface area contributed by atoms with Gasteiger partial charge in [0.2, 0.25) is 10.0 Å². The lowest BCUT2D eigenvalue weighted by molar-refractivity contribution is -0.00514. The third-order valence-corrected chi connectivity index (χ3v) is 7.51. The van der Waals surface area contributed by atoms with Crippen LogP contribution >= 0.6 is 23.3 Å². The predicted octanol–water partition coefficient (Wildman–Crippen LogP) is 2.96. The largest absolute Gasteiger partial charge is 0.376 e. The number of hydrogen-bond acceptors (Lipinski definition) is 7. The number of nitrogens with one attached hydrogen (secondary N) is 1. The van der Waals surface area contributed by atoms with Crippen molar-refractivity contribution in [2.45, 2.75) is 60.6 Å². The van der Waals surface area contributed by atoms with Crippen molar-refractivity contribution in [1.29, 1.82) is 0 Å². The molecule has 0 fully saturated rings. The molecule has 6 nitrogen and oxygen atoms in total. The molecule has 1 aromatic rings. The molecule has 1 aliphatic rings. The van der Waals surface area contributed by atoms with Gasteiger partial charge in [0.05, 0.1) is 9.81 Å². The Morgan fingerprint density at radius 1 is 1.44 bits per heavy atom. The van der Waals surface area contributed by atoms with E-state index in [1.165, 1.54) is 11.3 Å². The van der Waals surface area contributed by atoms with E-state index in [0.29, 0.717) is 6.61 Å². The Bertz CT molecular complexity index is 668. The fourth-order valence-electron chi connectivity index (χ4n) is 2.53. The molecule has 3 N–H and O–H groups in total. The van der Waals surface area contributed by atoms with Crippen molar-refractivity contribution in [3.8, 4) is 0 Å². The Morgan fingerprint density at radius 3 is 2.76 bits per heavy atom. The SMILES string of the molecule is CCCN[C@H]1CN(CCCOC(C)(C)C)Sc2sc(S(N)(=O)=O)cc21.